The van der Waals surface area contributed by atoms with Gasteiger partial charge in [-0.15, -0.1) is 0 Å². The number of rotatable bonds is 8. The Morgan fingerprint density at radius 2 is 1.87 bits per heavy atom. The van der Waals surface area contributed by atoms with Gasteiger partial charge in [0.25, 0.3) is 0 Å². The molecule has 0 saturated carbocycles. The molecule has 0 fully saturated rings. The molecule has 0 spiro atoms. The fraction of sp³-hybridized carbons (Fsp3) is 0.421. The van der Waals surface area contributed by atoms with Crippen molar-refractivity contribution < 1.29 is 4.74 Å². The average molecular weight is 313 g/mol. The molecule has 0 radical (unpaired) electrons. The van der Waals surface area contributed by atoms with Crippen molar-refractivity contribution in [1.82, 2.24) is 10.6 Å². The van der Waals surface area contributed by atoms with Crippen molar-refractivity contribution in [3.8, 4) is 0 Å². The molecule has 0 aliphatic carbocycles. The van der Waals surface area contributed by atoms with E-state index in [1.165, 1.54) is 16.3 Å². The molecular formula is C19H27N3O. The van der Waals surface area contributed by atoms with E-state index < -0.39 is 0 Å². The maximum absolute atomic E-state index is 5.34. The second-order valence-corrected chi connectivity index (χ2v) is 5.39. The summed E-state index contributed by atoms with van der Waals surface area (Å²) in [5.41, 5.74) is 1.28. The summed E-state index contributed by atoms with van der Waals surface area (Å²) >= 11 is 0. The lowest BCUT2D eigenvalue weighted by Gasteiger charge is -2.13. The fourth-order valence-electron chi connectivity index (χ4n) is 2.53. The molecule has 0 amide bonds. The predicted molar refractivity (Wildman–Crippen MR) is 97.9 cm³/mol. The van der Waals surface area contributed by atoms with Crippen molar-refractivity contribution >= 4 is 16.7 Å². The summed E-state index contributed by atoms with van der Waals surface area (Å²) in [7, 11) is 1.80. The molecule has 4 nitrogen and oxygen atoms in total. The number of ether oxygens (including phenoxy) is 1. The first-order valence-corrected chi connectivity index (χ1v) is 8.34. The molecule has 0 unspecified atom stereocenters. The van der Waals surface area contributed by atoms with E-state index in [2.05, 4.69) is 58.1 Å². The lowest BCUT2D eigenvalue weighted by Crippen LogP contribution is -2.37. The van der Waals surface area contributed by atoms with Crippen molar-refractivity contribution in [1.29, 1.82) is 0 Å². The normalized spacial score (nSPS) is 11.7. The fourth-order valence-corrected chi connectivity index (χ4v) is 2.53. The first-order valence-electron chi connectivity index (χ1n) is 8.34. The minimum Gasteiger partial charge on any atom is -0.382 e. The van der Waals surface area contributed by atoms with Gasteiger partial charge in [0.05, 0.1) is 0 Å². The Kier molecular flexibility index (Phi) is 7.40. The minimum absolute atomic E-state index is 0.764. The van der Waals surface area contributed by atoms with Crippen LogP contribution in [0.1, 0.15) is 25.3 Å². The highest BCUT2D eigenvalue weighted by Crippen LogP contribution is 2.18. The van der Waals surface area contributed by atoms with Gasteiger partial charge in [-0.1, -0.05) is 42.5 Å². The monoisotopic (exact) mass is 313 g/mol. The van der Waals surface area contributed by atoms with Crippen LogP contribution in [-0.2, 0) is 11.3 Å². The Hall–Kier alpha value is -2.07. The van der Waals surface area contributed by atoms with Crippen LogP contribution in [0.5, 0.6) is 0 Å². The van der Waals surface area contributed by atoms with Crippen LogP contribution in [0.4, 0.5) is 0 Å². The van der Waals surface area contributed by atoms with Gasteiger partial charge < -0.3 is 15.4 Å². The van der Waals surface area contributed by atoms with Crippen LogP contribution in [0.3, 0.4) is 0 Å². The molecular weight excluding hydrogens is 286 g/mol. The van der Waals surface area contributed by atoms with Crippen LogP contribution in [0, 0.1) is 0 Å². The summed E-state index contributed by atoms with van der Waals surface area (Å²) in [6, 6.07) is 14.9. The highest BCUT2D eigenvalue weighted by atomic mass is 16.5. The third-order valence-corrected chi connectivity index (χ3v) is 3.76. The van der Waals surface area contributed by atoms with Gasteiger partial charge in [-0.25, -0.2) is 0 Å². The Labute approximate surface area is 139 Å². The van der Waals surface area contributed by atoms with Crippen molar-refractivity contribution in [2.24, 2.45) is 4.99 Å². The lowest BCUT2D eigenvalue weighted by atomic mass is 10.0. The van der Waals surface area contributed by atoms with Gasteiger partial charge in [0, 0.05) is 33.4 Å². The van der Waals surface area contributed by atoms with E-state index in [0.29, 0.717) is 0 Å². The maximum atomic E-state index is 5.34. The number of unbranched alkanes of at least 4 members (excludes halogenated alkanes) is 1. The Bertz CT molecular complexity index is 620. The molecule has 2 aromatic rings. The molecule has 4 heteroatoms. The summed E-state index contributed by atoms with van der Waals surface area (Å²) in [6.45, 7) is 5.32. The third kappa shape index (κ3) is 5.57. The maximum Gasteiger partial charge on any atom is 0.191 e. The van der Waals surface area contributed by atoms with Crippen molar-refractivity contribution in [2.75, 3.05) is 26.8 Å². The smallest absolute Gasteiger partial charge is 0.191 e. The number of nitrogens with one attached hydrogen (secondary N) is 2. The van der Waals surface area contributed by atoms with E-state index in [9.17, 15) is 0 Å². The van der Waals surface area contributed by atoms with Crippen molar-refractivity contribution in [3.05, 3.63) is 48.0 Å². The predicted octanol–water partition coefficient (Wildman–Crippen LogP) is 3.32. The first-order chi connectivity index (χ1) is 11.3. The van der Waals surface area contributed by atoms with E-state index >= 15 is 0 Å². The van der Waals surface area contributed by atoms with E-state index in [1.54, 1.807) is 7.05 Å². The summed E-state index contributed by atoms with van der Waals surface area (Å²) in [6.07, 6.45) is 2.15. The van der Waals surface area contributed by atoms with E-state index in [0.717, 1.165) is 45.1 Å². The minimum atomic E-state index is 0.764. The van der Waals surface area contributed by atoms with Gasteiger partial charge in [-0.05, 0) is 36.1 Å². The van der Waals surface area contributed by atoms with Crippen molar-refractivity contribution in [2.45, 2.75) is 26.3 Å². The van der Waals surface area contributed by atoms with Crippen LogP contribution >= 0.6 is 0 Å². The van der Waals surface area contributed by atoms with E-state index in [1.807, 2.05) is 6.92 Å². The standard InChI is InChI=1S/C19H27N3O/c1-3-23-14-7-6-13-21-19(20-2)22-15-17-11-8-10-16-9-4-5-12-18(16)17/h4-5,8-12H,3,6-7,13-15H2,1-2H3,(H2,20,21,22). The van der Waals surface area contributed by atoms with Crippen LogP contribution in [-0.4, -0.2) is 32.8 Å². The summed E-state index contributed by atoms with van der Waals surface area (Å²) in [4.78, 5) is 4.28. The number of benzene rings is 2. The molecule has 124 valence electrons. The van der Waals surface area contributed by atoms with Gasteiger partial charge in [-0.2, -0.15) is 0 Å². The molecule has 0 aliphatic heterocycles. The summed E-state index contributed by atoms with van der Waals surface area (Å²) < 4.78 is 5.34. The molecule has 2 aromatic carbocycles. The van der Waals surface area contributed by atoms with Crippen LogP contribution in [0.2, 0.25) is 0 Å². The zero-order valence-electron chi connectivity index (χ0n) is 14.1. The summed E-state index contributed by atoms with van der Waals surface area (Å²) in [5.74, 6) is 0.842. The first kappa shape index (κ1) is 17.3. The van der Waals surface area contributed by atoms with Gasteiger partial charge >= 0.3 is 0 Å². The number of fused-ring (bicyclic) bond motifs is 1. The summed E-state index contributed by atoms with van der Waals surface area (Å²) in [5, 5.41) is 9.29. The molecule has 0 aromatic heterocycles. The number of aliphatic imine (C=N–C) groups is 1. The number of guanidine groups is 1. The third-order valence-electron chi connectivity index (χ3n) is 3.76. The van der Waals surface area contributed by atoms with Gasteiger partial charge in [-0.3, -0.25) is 4.99 Å². The highest BCUT2D eigenvalue weighted by molar-refractivity contribution is 5.86. The molecule has 0 saturated heterocycles. The van der Waals surface area contributed by atoms with Gasteiger partial charge in [0.2, 0.25) is 0 Å². The lowest BCUT2D eigenvalue weighted by molar-refractivity contribution is 0.143. The second kappa shape index (κ2) is 9.85. The van der Waals surface area contributed by atoms with Gasteiger partial charge in [0.15, 0.2) is 5.96 Å². The Morgan fingerprint density at radius 1 is 1.04 bits per heavy atom. The topological polar surface area (TPSA) is 45.6 Å². The van der Waals surface area contributed by atoms with E-state index in [-0.39, 0.29) is 0 Å². The Balaban J connectivity index is 1.81. The quantitative estimate of drug-likeness (QED) is 0.446. The zero-order chi connectivity index (χ0) is 16.3. The van der Waals surface area contributed by atoms with Crippen molar-refractivity contribution in [3.63, 3.8) is 0 Å². The van der Waals surface area contributed by atoms with Crippen LogP contribution in [0.25, 0.3) is 10.8 Å². The Morgan fingerprint density at radius 3 is 2.70 bits per heavy atom. The molecule has 23 heavy (non-hydrogen) atoms. The average Bonchev–Trinajstić information content (AvgIpc) is 2.60. The van der Waals surface area contributed by atoms with E-state index in [4.69, 9.17) is 4.74 Å². The molecule has 0 atom stereocenters. The molecule has 2 N–H and O–H groups in total. The molecule has 0 heterocycles. The number of hydrogen-bond acceptors (Lipinski definition) is 2. The molecule has 2 rings (SSSR count). The SMILES string of the molecule is CCOCCCCNC(=NC)NCc1cccc2ccccc12. The second-order valence-electron chi connectivity index (χ2n) is 5.39. The molecule has 0 aliphatic rings. The van der Waals surface area contributed by atoms with Gasteiger partial charge in [0.1, 0.15) is 0 Å². The van der Waals surface area contributed by atoms with Crippen LogP contribution in [0.15, 0.2) is 47.5 Å². The van der Waals surface area contributed by atoms with Crippen LogP contribution < -0.4 is 10.6 Å². The number of nitrogens with zero attached hydrogens (tertiary/aromatic N) is 1. The largest absolute Gasteiger partial charge is 0.382 e. The number of hydrogen-bond donors (Lipinski definition) is 2. The zero-order valence-corrected chi connectivity index (χ0v) is 14.1. The molecule has 0 bridgehead atoms. The highest BCUT2D eigenvalue weighted by Gasteiger charge is 2.02.